The quantitative estimate of drug-likeness (QED) is 0.465. The Hall–Kier alpha value is -3.14. The summed E-state index contributed by atoms with van der Waals surface area (Å²) in [4.78, 5) is 4.61. The molecule has 2 aromatic carbocycles. The summed E-state index contributed by atoms with van der Waals surface area (Å²) in [6.45, 7) is 0.671. The van der Waals surface area contributed by atoms with Crippen molar-refractivity contribution in [3.05, 3.63) is 89.2 Å². The van der Waals surface area contributed by atoms with Gasteiger partial charge in [-0.05, 0) is 47.2 Å². The van der Waals surface area contributed by atoms with Crippen LogP contribution in [0.5, 0.6) is 0 Å². The standard InChI is InChI=1S/C21H14ClN5S/c22-17-8-6-16(7-9-17)19-13-24-21(27(19)14-15-4-2-1-3-5-15)28-20-11-10-18(12-23)25-26-20/h1-11,13H,14H2. The summed E-state index contributed by atoms with van der Waals surface area (Å²) in [6.07, 6.45) is 1.85. The molecule has 0 aliphatic carbocycles. The summed E-state index contributed by atoms with van der Waals surface area (Å²) in [5.41, 5.74) is 3.48. The summed E-state index contributed by atoms with van der Waals surface area (Å²) in [6, 6.07) is 23.3. The second kappa shape index (κ2) is 8.26. The van der Waals surface area contributed by atoms with Crippen molar-refractivity contribution in [2.24, 2.45) is 0 Å². The summed E-state index contributed by atoms with van der Waals surface area (Å²) in [5.74, 6) is 0. The predicted molar refractivity (Wildman–Crippen MR) is 109 cm³/mol. The second-order valence-electron chi connectivity index (χ2n) is 5.98. The molecule has 0 atom stereocenters. The van der Waals surface area contributed by atoms with Gasteiger partial charge in [-0.15, -0.1) is 10.2 Å². The first-order valence-corrected chi connectivity index (χ1v) is 9.69. The Morgan fingerprint density at radius 2 is 1.75 bits per heavy atom. The van der Waals surface area contributed by atoms with Crippen molar-refractivity contribution in [2.45, 2.75) is 16.7 Å². The smallest absolute Gasteiger partial charge is 0.175 e. The third-order valence-corrected chi connectivity index (χ3v) is 5.28. The Labute approximate surface area is 171 Å². The lowest BCUT2D eigenvalue weighted by atomic mass is 10.1. The van der Waals surface area contributed by atoms with Crippen LogP contribution in [0.3, 0.4) is 0 Å². The molecule has 0 saturated heterocycles. The molecule has 2 heterocycles. The van der Waals surface area contributed by atoms with Gasteiger partial charge in [-0.2, -0.15) is 5.26 Å². The first-order chi connectivity index (χ1) is 13.7. The van der Waals surface area contributed by atoms with E-state index in [1.807, 2.05) is 54.7 Å². The first kappa shape index (κ1) is 18.2. The molecule has 0 bridgehead atoms. The van der Waals surface area contributed by atoms with Crippen LogP contribution in [0.4, 0.5) is 0 Å². The maximum atomic E-state index is 8.89. The number of nitrogens with zero attached hydrogens (tertiary/aromatic N) is 5. The largest absolute Gasteiger partial charge is 0.314 e. The van der Waals surface area contributed by atoms with Crippen molar-refractivity contribution in [3.63, 3.8) is 0 Å². The van der Waals surface area contributed by atoms with Gasteiger partial charge in [0.2, 0.25) is 0 Å². The van der Waals surface area contributed by atoms with Crippen molar-refractivity contribution < 1.29 is 0 Å². The van der Waals surface area contributed by atoms with Crippen molar-refractivity contribution >= 4 is 23.4 Å². The molecule has 136 valence electrons. The van der Waals surface area contributed by atoms with Gasteiger partial charge in [0.1, 0.15) is 11.1 Å². The van der Waals surface area contributed by atoms with E-state index in [0.29, 0.717) is 22.3 Å². The Balaban J connectivity index is 1.72. The van der Waals surface area contributed by atoms with Gasteiger partial charge in [-0.1, -0.05) is 54.1 Å². The molecule has 0 N–H and O–H groups in total. The minimum absolute atomic E-state index is 0.291. The predicted octanol–water partition coefficient (Wildman–Crippen LogP) is 5.06. The van der Waals surface area contributed by atoms with Crippen LogP contribution in [-0.2, 0) is 6.54 Å². The third kappa shape index (κ3) is 4.06. The molecule has 0 aliphatic rings. The third-order valence-electron chi connectivity index (χ3n) is 4.09. The average molecular weight is 404 g/mol. The minimum atomic E-state index is 0.291. The highest BCUT2D eigenvalue weighted by molar-refractivity contribution is 7.99. The molecule has 0 amide bonds. The van der Waals surface area contributed by atoms with E-state index in [2.05, 4.69) is 31.9 Å². The molecule has 0 saturated carbocycles. The monoisotopic (exact) mass is 403 g/mol. The van der Waals surface area contributed by atoms with Gasteiger partial charge < -0.3 is 4.57 Å². The lowest BCUT2D eigenvalue weighted by molar-refractivity contribution is 0.713. The van der Waals surface area contributed by atoms with Gasteiger partial charge in [0.15, 0.2) is 10.9 Å². The van der Waals surface area contributed by atoms with Crippen molar-refractivity contribution in [1.29, 1.82) is 5.26 Å². The van der Waals surface area contributed by atoms with E-state index in [-0.39, 0.29) is 0 Å². The molecule has 4 aromatic rings. The van der Waals surface area contributed by atoms with E-state index in [9.17, 15) is 0 Å². The minimum Gasteiger partial charge on any atom is -0.314 e. The Morgan fingerprint density at radius 3 is 2.43 bits per heavy atom. The van der Waals surface area contributed by atoms with E-state index in [0.717, 1.165) is 16.4 Å². The van der Waals surface area contributed by atoms with E-state index in [1.165, 1.54) is 17.3 Å². The number of benzene rings is 2. The highest BCUT2D eigenvalue weighted by Crippen LogP contribution is 2.31. The molecule has 28 heavy (non-hydrogen) atoms. The maximum Gasteiger partial charge on any atom is 0.175 e. The van der Waals surface area contributed by atoms with Crippen LogP contribution in [0.15, 0.2) is 83.1 Å². The fraction of sp³-hybridized carbons (Fsp3) is 0.0476. The average Bonchev–Trinajstić information content (AvgIpc) is 3.12. The molecule has 0 radical (unpaired) electrons. The van der Waals surface area contributed by atoms with Gasteiger partial charge in [-0.3, -0.25) is 0 Å². The van der Waals surface area contributed by atoms with E-state index >= 15 is 0 Å². The molecule has 0 spiro atoms. The Bertz CT molecular complexity index is 1120. The van der Waals surface area contributed by atoms with Gasteiger partial charge in [0.25, 0.3) is 0 Å². The fourth-order valence-corrected chi connectivity index (χ4v) is 3.65. The lowest BCUT2D eigenvalue weighted by Gasteiger charge is -2.12. The number of hydrogen-bond donors (Lipinski definition) is 0. The molecule has 5 nitrogen and oxygen atoms in total. The van der Waals surface area contributed by atoms with Gasteiger partial charge in [-0.25, -0.2) is 4.98 Å². The highest BCUT2D eigenvalue weighted by Gasteiger charge is 2.14. The number of rotatable bonds is 5. The summed E-state index contributed by atoms with van der Waals surface area (Å²) in [5, 5.41) is 19.1. The molecule has 7 heteroatoms. The summed E-state index contributed by atoms with van der Waals surface area (Å²) in [7, 11) is 0. The molecule has 0 aliphatic heterocycles. The van der Waals surface area contributed by atoms with Crippen LogP contribution in [0, 0.1) is 11.3 Å². The van der Waals surface area contributed by atoms with Gasteiger partial charge in [0.05, 0.1) is 18.4 Å². The highest BCUT2D eigenvalue weighted by atomic mass is 35.5. The number of halogens is 1. The Kier molecular flexibility index (Phi) is 5.38. The fourth-order valence-electron chi connectivity index (χ4n) is 2.74. The molecule has 0 unspecified atom stereocenters. The second-order valence-corrected chi connectivity index (χ2v) is 7.40. The number of hydrogen-bond acceptors (Lipinski definition) is 5. The van der Waals surface area contributed by atoms with Crippen LogP contribution in [0.1, 0.15) is 11.3 Å². The first-order valence-electron chi connectivity index (χ1n) is 8.50. The lowest BCUT2D eigenvalue weighted by Crippen LogP contribution is -2.04. The maximum absolute atomic E-state index is 8.89. The molecular formula is C21H14ClN5S. The zero-order chi connectivity index (χ0) is 19.3. The number of imidazole rings is 1. The van der Waals surface area contributed by atoms with E-state index < -0.39 is 0 Å². The van der Waals surface area contributed by atoms with E-state index in [1.54, 1.807) is 12.1 Å². The van der Waals surface area contributed by atoms with Crippen LogP contribution in [0.2, 0.25) is 5.02 Å². The summed E-state index contributed by atoms with van der Waals surface area (Å²) < 4.78 is 2.14. The van der Waals surface area contributed by atoms with Gasteiger partial charge in [0, 0.05) is 5.02 Å². The zero-order valence-corrected chi connectivity index (χ0v) is 16.2. The normalized spacial score (nSPS) is 10.6. The van der Waals surface area contributed by atoms with Crippen LogP contribution in [0.25, 0.3) is 11.3 Å². The molecule has 2 aromatic heterocycles. The molecular weight excluding hydrogens is 390 g/mol. The summed E-state index contributed by atoms with van der Waals surface area (Å²) >= 11 is 7.46. The van der Waals surface area contributed by atoms with Crippen molar-refractivity contribution in [1.82, 2.24) is 19.7 Å². The van der Waals surface area contributed by atoms with Crippen molar-refractivity contribution in [3.8, 4) is 17.3 Å². The molecule has 0 fully saturated rings. The van der Waals surface area contributed by atoms with Crippen LogP contribution < -0.4 is 0 Å². The van der Waals surface area contributed by atoms with Crippen LogP contribution >= 0.6 is 23.4 Å². The molecule has 4 rings (SSSR count). The van der Waals surface area contributed by atoms with Crippen LogP contribution in [-0.4, -0.2) is 19.7 Å². The Morgan fingerprint density at radius 1 is 0.964 bits per heavy atom. The number of nitriles is 1. The zero-order valence-electron chi connectivity index (χ0n) is 14.7. The van der Waals surface area contributed by atoms with Gasteiger partial charge >= 0.3 is 0 Å². The SMILES string of the molecule is N#Cc1ccc(Sc2ncc(-c3ccc(Cl)cc3)n2Cc2ccccc2)nn1. The number of aromatic nitrogens is 4. The topological polar surface area (TPSA) is 67.4 Å². The van der Waals surface area contributed by atoms with Crippen molar-refractivity contribution in [2.75, 3.05) is 0 Å². The van der Waals surface area contributed by atoms with E-state index in [4.69, 9.17) is 16.9 Å².